The van der Waals surface area contributed by atoms with Gasteiger partial charge in [0.1, 0.15) is 5.82 Å². The molecule has 1 N–H and O–H groups in total. The van der Waals surface area contributed by atoms with E-state index in [4.69, 9.17) is 4.42 Å². The van der Waals surface area contributed by atoms with E-state index >= 15 is 0 Å². The summed E-state index contributed by atoms with van der Waals surface area (Å²) in [5, 5.41) is 2.96. The van der Waals surface area contributed by atoms with E-state index in [-0.39, 0.29) is 18.1 Å². The van der Waals surface area contributed by atoms with Gasteiger partial charge in [-0.1, -0.05) is 30.3 Å². The quantitative estimate of drug-likeness (QED) is 0.418. The van der Waals surface area contributed by atoms with Crippen molar-refractivity contribution in [2.24, 2.45) is 0 Å². The number of rotatable bonds is 5. The number of anilines is 1. The fourth-order valence-corrected chi connectivity index (χ4v) is 3.84. The van der Waals surface area contributed by atoms with Crippen molar-refractivity contribution in [3.8, 4) is 22.5 Å². The molecule has 0 unspecified atom stereocenters. The van der Waals surface area contributed by atoms with E-state index < -0.39 is 0 Å². The number of nitrogens with one attached hydrogen (secondary N) is 1. The fraction of sp³-hybridized carbons (Fsp3) is 0.120. The second-order valence-electron chi connectivity index (χ2n) is 7.38. The van der Waals surface area contributed by atoms with E-state index in [1.54, 1.807) is 18.3 Å². The Bertz CT molecular complexity index is 1230. The van der Waals surface area contributed by atoms with Gasteiger partial charge in [0.05, 0.1) is 6.20 Å². The van der Waals surface area contributed by atoms with Crippen molar-refractivity contribution in [3.05, 3.63) is 95.8 Å². The first kappa shape index (κ1) is 18.3. The Kier molecular flexibility index (Phi) is 4.64. The SMILES string of the molecule is O=C(CCc1ncc(-c2ccc(F)cc2)o1)Nc1ccc2c(c1)Cc1ccccc1-2. The van der Waals surface area contributed by atoms with Crippen LogP contribution in [0.2, 0.25) is 0 Å². The maximum atomic E-state index is 13.0. The van der Waals surface area contributed by atoms with Gasteiger partial charge in [-0.15, -0.1) is 0 Å². The fourth-order valence-electron chi connectivity index (χ4n) is 3.84. The molecule has 0 atom stereocenters. The van der Waals surface area contributed by atoms with Crippen LogP contribution in [0.3, 0.4) is 0 Å². The van der Waals surface area contributed by atoms with Crippen LogP contribution in [0.15, 0.2) is 77.3 Å². The summed E-state index contributed by atoms with van der Waals surface area (Å²) in [4.78, 5) is 16.6. The summed E-state index contributed by atoms with van der Waals surface area (Å²) in [7, 11) is 0. The molecule has 30 heavy (non-hydrogen) atoms. The number of carbonyl (C=O) groups excluding carboxylic acids is 1. The van der Waals surface area contributed by atoms with Gasteiger partial charge in [-0.25, -0.2) is 9.37 Å². The minimum atomic E-state index is -0.300. The molecule has 1 amide bonds. The first-order chi connectivity index (χ1) is 14.7. The van der Waals surface area contributed by atoms with Gasteiger partial charge in [0, 0.05) is 24.1 Å². The molecule has 148 valence electrons. The van der Waals surface area contributed by atoms with Crippen molar-refractivity contribution in [1.82, 2.24) is 4.98 Å². The summed E-state index contributed by atoms with van der Waals surface area (Å²) < 4.78 is 18.7. The van der Waals surface area contributed by atoms with Crippen molar-refractivity contribution >= 4 is 11.6 Å². The lowest BCUT2D eigenvalue weighted by molar-refractivity contribution is -0.116. The maximum absolute atomic E-state index is 13.0. The zero-order valence-electron chi connectivity index (χ0n) is 16.2. The van der Waals surface area contributed by atoms with E-state index in [9.17, 15) is 9.18 Å². The number of hydrogen-bond donors (Lipinski definition) is 1. The average molecular weight is 398 g/mol. The van der Waals surface area contributed by atoms with E-state index in [2.05, 4.69) is 34.6 Å². The third-order valence-electron chi connectivity index (χ3n) is 5.33. The Labute approximate surface area is 173 Å². The van der Waals surface area contributed by atoms with E-state index in [0.717, 1.165) is 17.7 Å². The minimum Gasteiger partial charge on any atom is -0.441 e. The molecule has 0 fully saturated rings. The Hall–Kier alpha value is -3.73. The normalized spacial score (nSPS) is 11.8. The minimum absolute atomic E-state index is 0.0907. The number of fused-ring (bicyclic) bond motifs is 3. The molecule has 5 heteroatoms. The summed E-state index contributed by atoms with van der Waals surface area (Å²) >= 11 is 0. The molecule has 0 radical (unpaired) electrons. The molecule has 1 aliphatic carbocycles. The van der Waals surface area contributed by atoms with E-state index in [1.807, 2.05) is 18.2 Å². The molecule has 0 spiro atoms. The molecular weight excluding hydrogens is 379 g/mol. The molecule has 1 aliphatic rings. The summed E-state index contributed by atoms with van der Waals surface area (Å²) in [5.41, 5.74) is 6.59. The summed E-state index contributed by atoms with van der Waals surface area (Å²) in [6.45, 7) is 0. The van der Waals surface area contributed by atoms with Gasteiger partial charge in [-0.05, 0) is 65.1 Å². The number of aryl methyl sites for hydroxylation is 1. The van der Waals surface area contributed by atoms with Crippen LogP contribution < -0.4 is 5.32 Å². The van der Waals surface area contributed by atoms with Crippen LogP contribution in [0, 0.1) is 5.82 Å². The summed E-state index contributed by atoms with van der Waals surface area (Å²) in [5.74, 6) is 0.648. The van der Waals surface area contributed by atoms with Gasteiger partial charge in [0.15, 0.2) is 11.7 Å². The Morgan fingerprint density at radius 1 is 1.00 bits per heavy atom. The molecule has 0 bridgehead atoms. The molecule has 0 aliphatic heterocycles. The van der Waals surface area contributed by atoms with Crippen molar-refractivity contribution in [2.75, 3.05) is 5.32 Å². The van der Waals surface area contributed by atoms with Crippen LogP contribution >= 0.6 is 0 Å². The maximum Gasteiger partial charge on any atom is 0.224 e. The number of amides is 1. The second kappa shape index (κ2) is 7.59. The average Bonchev–Trinajstić information content (AvgIpc) is 3.37. The van der Waals surface area contributed by atoms with Gasteiger partial charge in [0.25, 0.3) is 0 Å². The Morgan fingerprint density at radius 2 is 1.80 bits per heavy atom. The number of carbonyl (C=O) groups is 1. The highest BCUT2D eigenvalue weighted by molar-refractivity contribution is 5.92. The van der Waals surface area contributed by atoms with E-state index in [1.165, 1.54) is 34.4 Å². The lowest BCUT2D eigenvalue weighted by Gasteiger charge is -2.07. The molecule has 4 aromatic rings. The molecule has 5 rings (SSSR count). The van der Waals surface area contributed by atoms with Crippen LogP contribution in [-0.4, -0.2) is 10.9 Å². The monoisotopic (exact) mass is 398 g/mol. The standard InChI is InChI=1S/C25H19FN2O2/c26-19-7-5-16(6-8-19)23-15-27-25(30-23)12-11-24(29)28-20-9-10-22-18(14-20)13-17-3-1-2-4-21(17)22/h1-10,14-15H,11-13H2,(H,28,29). The number of aromatic nitrogens is 1. The number of oxazole rings is 1. The molecule has 4 nitrogen and oxygen atoms in total. The number of benzene rings is 3. The van der Waals surface area contributed by atoms with E-state index in [0.29, 0.717) is 18.1 Å². The van der Waals surface area contributed by atoms with Crippen LogP contribution in [0.4, 0.5) is 10.1 Å². The van der Waals surface area contributed by atoms with Crippen molar-refractivity contribution in [3.63, 3.8) is 0 Å². The third-order valence-corrected chi connectivity index (χ3v) is 5.33. The van der Waals surface area contributed by atoms with Crippen LogP contribution in [0.1, 0.15) is 23.4 Å². The molecule has 0 saturated heterocycles. The predicted molar refractivity (Wildman–Crippen MR) is 114 cm³/mol. The second-order valence-corrected chi connectivity index (χ2v) is 7.38. The van der Waals surface area contributed by atoms with Crippen molar-refractivity contribution in [1.29, 1.82) is 0 Å². The van der Waals surface area contributed by atoms with Gasteiger partial charge in [-0.2, -0.15) is 0 Å². The van der Waals surface area contributed by atoms with Gasteiger partial charge in [-0.3, -0.25) is 4.79 Å². The van der Waals surface area contributed by atoms with Gasteiger partial charge >= 0.3 is 0 Å². The summed E-state index contributed by atoms with van der Waals surface area (Å²) in [6.07, 6.45) is 3.14. The molecule has 3 aromatic carbocycles. The lowest BCUT2D eigenvalue weighted by Crippen LogP contribution is -2.12. The lowest BCUT2D eigenvalue weighted by atomic mass is 10.1. The first-order valence-electron chi connectivity index (χ1n) is 9.87. The Balaban J connectivity index is 1.20. The number of nitrogens with zero attached hydrogens (tertiary/aromatic N) is 1. The smallest absolute Gasteiger partial charge is 0.224 e. The predicted octanol–water partition coefficient (Wildman–Crippen LogP) is 5.62. The number of hydrogen-bond acceptors (Lipinski definition) is 3. The highest BCUT2D eigenvalue weighted by Crippen LogP contribution is 2.37. The van der Waals surface area contributed by atoms with Gasteiger partial charge in [0.2, 0.25) is 5.91 Å². The van der Waals surface area contributed by atoms with Gasteiger partial charge < -0.3 is 9.73 Å². The third kappa shape index (κ3) is 3.62. The largest absolute Gasteiger partial charge is 0.441 e. The molecule has 1 aromatic heterocycles. The zero-order chi connectivity index (χ0) is 20.5. The highest BCUT2D eigenvalue weighted by atomic mass is 19.1. The molecular formula is C25H19FN2O2. The molecule has 1 heterocycles. The molecule has 0 saturated carbocycles. The van der Waals surface area contributed by atoms with Crippen LogP contribution in [0.25, 0.3) is 22.5 Å². The zero-order valence-corrected chi connectivity index (χ0v) is 16.2. The summed E-state index contributed by atoms with van der Waals surface area (Å²) in [6, 6.07) is 20.5. The van der Waals surface area contributed by atoms with Crippen LogP contribution in [-0.2, 0) is 17.6 Å². The Morgan fingerprint density at radius 3 is 2.67 bits per heavy atom. The highest BCUT2D eigenvalue weighted by Gasteiger charge is 2.18. The van der Waals surface area contributed by atoms with Crippen molar-refractivity contribution < 1.29 is 13.6 Å². The van der Waals surface area contributed by atoms with Crippen LogP contribution in [0.5, 0.6) is 0 Å². The topological polar surface area (TPSA) is 55.1 Å². The first-order valence-corrected chi connectivity index (χ1v) is 9.87. The van der Waals surface area contributed by atoms with Crippen molar-refractivity contribution in [2.45, 2.75) is 19.3 Å². The number of halogens is 1.